The van der Waals surface area contributed by atoms with E-state index in [-0.39, 0.29) is 34.9 Å². The van der Waals surface area contributed by atoms with Gasteiger partial charge in [-0.2, -0.15) is 0 Å². The van der Waals surface area contributed by atoms with Crippen molar-refractivity contribution in [2.45, 2.75) is 12.5 Å². The maximum absolute atomic E-state index is 13.3. The number of alkyl halides is 2. The molecule has 2 N–H and O–H groups in total. The van der Waals surface area contributed by atoms with Crippen molar-refractivity contribution in [3.63, 3.8) is 0 Å². The Morgan fingerprint density at radius 1 is 1.19 bits per heavy atom. The highest BCUT2D eigenvalue weighted by Gasteiger charge is 2.33. The van der Waals surface area contributed by atoms with Crippen molar-refractivity contribution in [3.8, 4) is 5.75 Å². The minimum absolute atomic E-state index is 0. The van der Waals surface area contributed by atoms with Crippen LogP contribution in [-0.2, 0) is 0 Å². The number of benzene rings is 1. The zero-order valence-electron chi connectivity index (χ0n) is 10.9. The molecule has 0 spiro atoms. The lowest BCUT2D eigenvalue weighted by Gasteiger charge is -2.35. The molecule has 9 heteroatoms. The molecule has 1 heterocycles. The number of hydrogen-bond donors (Lipinski definition) is 2. The Kier molecular flexibility index (Phi) is 8.96. The number of phenolic OH excluding ortho intramolecular Hbond substituents is 1. The summed E-state index contributed by atoms with van der Waals surface area (Å²) in [7, 11) is 0. The Labute approximate surface area is 141 Å². The Morgan fingerprint density at radius 3 is 2.29 bits per heavy atom. The average molecular weight is 412 g/mol. The zero-order chi connectivity index (χ0) is 14.0. The third kappa shape index (κ3) is 4.63. The fourth-order valence-electron chi connectivity index (χ4n) is 2.25. The predicted octanol–water partition coefficient (Wildman–Crippen LogP) is 3.35. The van der Waals surface area contributed by atoms with Gasteiger partial charge >= 0.3 is 0 Å². The van der Waals surface area contributed by atoms with Crippen LogP contribution < -0.4 is 5.32 Å². The van der Waals surface area contributed by atoms with Crippen molar-refractivity contribution < 1.29 is 18.3 Å². The number of aromatic hydroxyl groups is 1. The van der Waals surface area contributed by atoms with Gasteiger partial charge in [-0.1, -0.05) is 6.07 Å². The first kappa shape index (κ1) is 20.8. The van der Waals surface area contributed by atoms with Crippen LogP contribution in [0.3, 0.4) is 0 Å². The molecule has 1 aromatic carbocycles. The van der Waals surface area contributed by atoms with E-state index in [1.54, 1.807) is 4.90 Å². The van der Waals surface area contributed by atoms with E-state index in [2.05, 4.69) is 21.2 Å². The number of nitrogens with one attached hydrogen (secondary N) is 1. The highest BCUT2D eigenvalue weighted by molar-refractivity contribution is 9.10. The van der Waals surface area contributed by atoms with Gasteiger partial charge in [-0.05, 0) is 22.0 Å². The van der Waals surface area contributed by atoms with Crippen molar-refractivity contribution in [2.75, 3.05) is 26.2 Å². The number of piperazine rings is 1. The van der Waals surface area contributed by atoms with Gasteiger partial charge in [0, 0.05) is 31.7 Å². The normalized spacial score (nSPS) is 17.0. The maximum Gasteiger partial charge on any atom is 0.258 e. The first-order valence-electron chi connectivity index (χ1n) is 5.92. The summed E-state index contributed by atoms with van der Waals surface area (Å²) in [6.07, 6.45) is -2.65. The van der Waals surface area contributed by atoms with E-state index in [0.717, 1.165) is 6.07 Å². The molecule has 1 atom stereocenters. The molecule has 122 valence electrons. The third-order valence-corrected chi connectivity index (χ3v) is 3.96. The summed E-state index contributed by atoms with van der Waals surface area (Å²) >= 11 is 2.87. The minimum atomic E-state index is -2.65. The van der Waals surface area contributed by atoms with Gasteiger partial charge < -0.3 is 10.4 Å². The molecule has 0 unspecified atom stereocenters. The molecule has 0 aliphatic carbocycles. The summed E-state index contributed by atoms with van der Waals surface area (Å²) in [4.78, 5) is 1.60. The van der Waals surface area contributed by atoms with Gasteiger partial charge in [0.15, 0.2) is 0 Å². The third-order valence-electron chi connectivity index (χ3n) is 3.20. The first-order chi connectivity index (χ1) is 9.02. The molecule has 1 aliphatic heterocycles. The van der Waals surface area contributed by atoms with Gasteiger partial charge in [0.05, 0.1) is 4.47 Å². The monoisotopic (exact) mass is 410 g/mol. The molecule has 21 heavy (non-hydrogen) atoms. The molecular weight excluding hydrogens is 396 g/mol. The Bertz CT molecular complexity index is 462. The molecule has 1 aromatic rings. The minimum Gasteiger partial charge on any atom is -0.506 e. The number of hydrogen-bond acceptors (Lipinski definition) is 3. The van der Waals surface area contributed by atoms with Crippen molar-refractivity contribution in [2.24, 2.45) is 0 Å². The number of halogens is 6. The lowest BCUT2D eigenvalue weighted by Crippen LogP contribution is -2.46. The summed E-state index contributed by atoms with van der Waals surface area (Å²) in [5, 5.41) is 12.9. The highest BCUT2D eigenvalue weighted by atomic mass is 79.9. The lowest BCUT2D eigenvalue weighted by molar-refractivity contribution is 0.0169. The first-order valence-corrected chi connectivity index (χ1v) is 6.71. The van der Waals surface area contributed by atoms with Crippen molar-refractivity contribution in [3.05, 3.63) is 28.0 Å². The van der Waals surface area contributed by atoms with Gasteiger partial charge in [0.1, 0.15) is 17.6 Å². The summed E-state index contributed by atoms with van der Waals surface area (Å²) in [5.41, 5.74) is 0.0465. The highest BCUT2D eigenvalue weighted by Crippen LogP contribution is 2.38. The second kappa shape index (κ2) is 9.05. The fraction of sp³-hybridized carbons (Fsp3) is 0.500. The quantitative estimate of drug-likeness (QED) is 0.800. The van der Waals surface area contributed by atoms with E-state index in [4.69, 9.17) is 0 Å². The average Bonchev–Trinajstić information content (AvgIpc) is 2.40. The predicted molar refractivity (Wildman–Crippen MR) is 83.4 cm³/mol. The van der Waals surface area contributed by atoms with Crippen LogP contribution in [-0.4, -0.2) is 42.6 Å². The van der Waals surface area contributed by atoms with E-state index in [1.807, 2.05) is 0 Å². The molecule has 0 amide bonds. The van der Waals surface area contributed by atoms with Gasteiger partial charge in [-0.25, -0.2) is 13.2 Å². The van der Waals surface area contributed by atoms with Crippen LogP contribution in [0.1, 0.15) is 11.6 Å². The largest absolute Gasteiger partial charge is 0.506 e. The molecule has 2 rings (SSSR count). The molecule has 0 saturated carbocycles. The molecule has 0 bridgehead atoms. The summed E-state index contributed by atoms with van der Waals surface area (Å²) in [5.74, 6) is -1.13. The van der Waals surface area contributed by atoms with Crippen LogP contribution >= 0.6 is 40.7 Å². The van der Waals surface area contributed by atoms with E-state index in [0.29, 0.717) is 26.2 Å². The van der Waals surface area contributed by atoms with E-state index in [9.17, 15) is 18.3 Å². The van der Waals surface area contributed by atoms with Crippen LogP contribution in [0.5, 0.6) is 5.75 Å². The number of phenols is 1. The molecule has 0 radical (unpaired) electrons. The summed E-state index contributed by atoms with van der Waals surface area (Å²) in [6.45, 7) is 2.16. The van der Waals surface area contributed by atoms with Gasteiger partial charge in [-0.3, -0.25) is 4.90 Å². The SMILES string of the molecule is Cl.Cl.Oc1c([C@H](C(F)F)N2CCNCC2)ccc(F)c1Br. The van der Waals surface area contributed by atoms with Crippen molar-refractivity contribution in [1.82, 2.24) is 10.2 Å². The Hall–Kier alpha value is -0.210. The molecular formula is C12H16BrCl2F3N2O. The van der Waals surface area contributed by atoms with Gasteiger partial charge in [0.2, 0.25) is 0 Å². The topological polar surface area (TPSA) is 35.5 Å². The van der Waals surface area contributed by atoms with Crippen LogP contribution in [0.2, 0.25) is 0 Å². The van der Waals surface area contributed by atoms with Gasteiger partial charge in [-0.15, -0.1) is 24.8 Å². The van der Waals surface area contributed by atoms with Crippen LogP contribution in [0.15, 0.2) is 16.6 Å². The standard InChI is InChI=1S/C12H14BrF3N2O.2ClH/c13-9-8(14)2-1-7(11(9)19)10(12(15)16)18-5-3-17-4-6-18;;/h1-2,10,12,17,19H,3-6H2;2*1H/t10-;;/m1../s1. The Morgan fingerprint density at radius 2 is 1.76 bits per heavy atom. The Balaban J connectivity index is 0.00000200. The number of rotatable bonds is 3. The smallest absolute Gasteiger partial charge is 0.258 e. The van der Waals surface area contributed by atoms with E-state index in [1.165, 1.54) is 6.07 Å². The summed E-state index contributed by atoms with van der Waals surface area (Å²) in [6, 6.07) is 1.07. The van der Waals surface area contributed by atoms with E-state index < -0.39 is 24.0 Å². The van der Waals surface area contributed by atoms with Crippen molar-refractivity contribution in [1.29, 1.82) is 0 Å². The second-order valence-electron chi connectivity index (χ2n) is 4.36. The molecule has 1 fully saturated rings. The lowest BCUT2D eigenvalue weighted by atomic mass is 10.0. The molecule has 1 aliphatic rings. The molecule has 3 nitrogen and oxygen atoms in total. The molecule has 1 saturated heterocycles. The number of nitrogens with zero attached hydrogens (tertiary/aromatic N) is 1. The van der Waals surface area contributed by atoms with Crippen LogP contribution in [0, 0.1) is 5.82 Å². The fourth-order valence-corrected chi connectivity index (χ4v) is 2.61. The maximum atomic E-state index is 13.3. The molecule has 0 aromatic heterocycles. The van der Waals surface area contributed by atoms with E-state index >= 15 is 0 Å². The van der Waals surface area contributed by atoms with Gasteiger partial charge in [0.25, 0.3) is 6.43 Å². The van der Waals surface area contributed by atoms with Crippen LogP contribution in [0.4, 0.5) is 13.2 Å². The second-order valence-corrected chi connectivity index (χ2v) is 5.16. The zero-order valence-corrected chi connectivity index (χ0v) is 14.1. The van der Waals surface area contributed by atoms with Crippen molar-refractivity contribution >= 4 is 40.7 Å². The van der Waals surface area contributed by atoms with Crippen LogP contribution in [0.25, 0.3) is 0 Å². The summed E-state index contributed by atoms with van der Waals surface area (Å²) < 4.78 is 39.7.